The Morgan fingerprint density at radius 1 is 1.35 bits per heavy atom. The molecule has 0 spiro atoms. The summed E-state index contributed by atoms with van der Waals surface area (Å²) in [6, 6.07) is 11.2. The molecule has 1 fully saturated rings. The average Bonchev–Trinajstić information content (AvgIpc) is 2.41. The topological polar surface area (TPSA) is 32.3 Å². The van der Waals surface area contributed by atoms with Gasteiger partial charge in [0.15, 0.2) is 0 Å². The van der Waals surface area contributed by atoms with Gasteiger partial charge in [0.25, 0.3) is 0 Å². The molecule has 1 heterocycles. The summed E-state index contributed by atoms with van der Waals surface area (Å²) in [5.74, 6) is 0.726. The quantitative estimate of drug-likeness (QED) is 0.915. The van der Waals surface area contributed by atoms with E-state index in [1.165, 1.54) is 5.56 Å². The Balaban J connectivity index is 1.95. The summed E-state index contributed by atoms with van der Waals surface area (Å²) < 4.78 is 0. The first-order chi connectivity index (χ1) is 9.56. The van der Waals surface area contributed by atoms with Crippen LogP contribution in [0.5, 0.6) is 0 Å². The summed E-state index contributed by atoms with van der Waals surface area (Å²) in [5.41, 5.74) is 1.33. The minimum Gasteiger partial charge on any atom is -0.337 e. The molecule has 20 heavy (non-hydrogen) atoms. The van der Waals surface area contributed by atoms with Gasteiger partial charge in [-0.3, -0.25) is 4.79 Å². The van der Waals surface area contributed by atoms with Crippen LogP contribution in [0.3, 0.4) is 0 Å². The van der Waals surface area contributed by atoms with E-state index in [2.05, 4.69) is 55.3 Å². The zero-order chi connectivity index (χ0) is 14.5. The van der Waals surface area contributed by atoms with E-state index >= 15 is 0 Å². The molecule has 1 amide bonds. The fraction of sp³-hybridized carbons (Fsp3) is 0.588. The number of carbonyl (C=O) groups excluding carboxylic acids is 1. The van der Waals surface area contributed by atoms with Gasteiger partial charge in [-0.25, -0.2) is 0 Å². The second kappa shape index (κ2) is 6.89. The molecular formula is C17H26N2O. The molecule has 0 radical (unpaired) electrons. The third-order valence-corrected chi connectivity index (χ3v) is 3.88. The predicted molar refractivity (Wildman–Crippen MR) is 82.6 cm³/mol. The number of rotatable bonds is 4. The largest absolute Gasteiger partial charge is 0.337 e. The number of hydrogen-bond donors (Lipinski definition) is 1. The fourth-order valence-electron chi connectivity index (χ4n) is 2.78. The first-order valence-electron chi connectivity index (χ1n) is 7.63. The van der Waals surface area contributed by atoms with Gasteiger partial charge in [0.1, 0.15) is 0 Å². The minimum atomic E-state index is 0.298. The van der Waals surface area contributed by atoms with Crippen molar-refractivity contribution in [2.24, 2.45) is 5.92 Å². The third kappa shape index (κ3) is 4.07. The van der Waals surface area contributed by atoms with Crippen LogP contribution >= 0.6 is 0 Å². The standard InChI is InChI=1S/C17H26N2O/c1-13(2)9-17(20)19-12-16(18-11-14(19)3)10-15-7-5-4-6-8-15/h4-8,13-14,16,18H,9-12H2,1-3H3. The highest BCUT2D eigenvalue weighted by atomic mass is 16.2. The van der Waals surface area contributed by atoms with Crippen molar-refractivity contribution in [3.8, 4) is 0 Å². The lowest BCUT2D eigenvalue weighted by Gasteiger charge is -2.39. The summed E-state index contributed by atoms with van der Waals surface area (Å²) in [7, 11) is 0. The van der Waals surface area contributed by atoms with Crippen molar-refractivity contribution in [3.63, 3.8) is 0 Å². The second-order valence-corrected chi connectivity index (χ2v) is 6.29. The Bertz CT molecular complexity index is 430. The summed E-state index contributed by atoms with van der Waals surface area (Å²) in [6.07, 6.45) is 1.64. The van der Waals surface area contributed by atoms with Crippen LogP contribution in [0.1, 0.15) is 32.8 Å². The average molecular weight is 274 g/mol. The van der Waals surface area contributed by atoms with Gasteiger partial charge in [0.2, 0.25) is 5.91 Å². The van der Waals surface area contributed by atoms with Crippen molar-refractivity contribution in [1.82, 2.24) is 10.2 Å². The summed E-state index contributed by atoms with van der Waals surface area (Å²) in [4.78, 5) is 14.4. The van der Waals surface area contributed by atoms with Crippen molar-refractivity contribution >= 4 is 5.91 Å². The van der Waals surface area contributed by atoms with E-state index in [1.807, 2.05) is 6.07 Å². The smallest absolute Gasteiger partial charge is 0.223 e. The van der Waals surface area contributed by atoms with E-state index in [0.717, 1.165) is 19.5 Å². The molecule has 1 N–H and O–H groups in total. The summed E-state index contributed by atoms with van der Waals surface area (Å²) in [6.45, 7) is 8.05. The SMILES string of the molecule is CC(C)CC(=O)N1CC(Cc2ccccc2)NCC1C. The first-order valence-corrected chi connectivity index (χ1v) is 7.63. The molecule has 2 unspecified atom stereocenters. The lowest BCUT2D eigenvalue weighted by molar-refractivity contribution is -0.135. The molecule has 1 aromatic rings. The van der Waals surface area contributed by atoms with Crippen molar-refractivity contribution in [1.29, 1.82) is 0 Å². The molecule has 3 nitrogen and oxygen atoms in total. The molecule has 0 aromatic heterocycles. The van der Waals surface area contributed by atoms with Gasteiger partial charge in [0.05, 0.1) is 0 Å². The van der Waals surface area contributed by atoms with Crippen molar-refractivity contribution in [2.75, 3.05) is 13.1 Å². The molecule has 110 valence electrons. The van der Waals surface area contributed by atoms with Crippen LogP contribution in [0.15, 0.2) is 30.3 Å². The van der Waals surface area contributed by atoms with E-state index < -0.39 is 0 Å². The van der Waals surface area contributed by atoms with Gasteiger partial charge in [-0.15, -0.1) is 0 Å². The van der Waals surface area contributed by atoms with E-state index in [4.69, 9.17) is 0 Å². The van der Waals surface area contributed by atoms with Gasteiger partial charge in [-0.2, -0.15) is 0 Å². The monoisotopic (exact) mass is 274 g/mol. The number of nitrogens with one attached hydrogen (secondary N) is 1. The van der Waals surface area contributed by atoms with Crippen LogP contribution in [0.25, 0.3) is 0 Å². The zero-order valence-corrected chi connectivity index (χ0v) is 12.8. The van der Waals surface area contributed by atoms with Gasteiger partial charge >= 0.3 is 0 Å². The number of piperazine rings is 1. The third-order valence-electron chi connectivity index (χ3n) is 3.88. The molecule has 1 aliphatic heterocycles. The van der Waals surface area contributed by atoms with Crippen molar-refractivity contribution in [3.05, 3.63) is 35.9 Å². The highest BCUT2D eigenvalue weighted by Gasteiger charge is 2.28. The Labute approximate surface area is 122 Å². The molecular weight excluding hydrogens is 248 g/mol. The zero-order valence-electron chi connectivity index (χ0n) is 12.8. The van der Waals surface area contributed by atoms with Crippen LogP contribution in [-0.2, 0) is 11.2 Å². The number of hydrogen-bond acceptors (Lipinski definition) is 2. The molecule has 2 atom stereocenters. The molecule has 1 aliphatic rings. The Hall–Kier alpha value is -1.35. The van der Waals surface area contributed by atoms with Gasteiger partial charge < -0.3 is 10.2 Å². The predicted octanol–water partition coefficient (Wildman–Crippen LogP) is 2.46. The first kappa shape index (κ1) is 15.0. The van der Waals surface area contributed by atoms with Crippen molar-refractivity contribution in [2.45, 2.75) is 45.7 Å². The van der Waals surface area contributed by atoms with Crippen molar-refractivity contribution < 1.29 is 4.79 Å². The van der Waals surface area contributed by atoms with Gasteiger partial charge in [-0.05, 0) is 24.8 Å². The van der Waals surface area contributed by atoms with E-state index in [-0.39, 0.29) is 0 Å². The molecule has 0 saturated carbocycles. The fourth-order valence-corrected chi connectivity index (χ4v) is 2.78. The Morgan fingerprint density at radius 2 is 2.05 bits per heavy atom. The highest BCUT2D eigenvalue weighted by molar-refractivity contribution is 5.76. The summed E-state index contributed by atoms with van der Waals surface area (Å²) in [5, 5.41) is 3.56. The maximum atomic E-state index is 12.3. The Kier molecular flexibility index (Phi) is 5.18. The summed E-state index contributed by atoms with van der Waals surface area (Å²) >= 11 is 0. The van der Waals surface area contributed by atoms with E-state index in [0.29, 0.717) is 30.3 Å². The van der Waals surface area contributed by atoms with Gasteiger partial charge in [0, 0.05) is 31.6 Å². The second-order valence-electron chi connectivity index (χ2n) is 6.29. The van der Waals surface area contributed by atoms with E-state index in [1.54, 1.807) is 0 Å². The molecule has 0 aliphatic carbocycles. The van der Waals surface area contributed by atoms with Crippen LogP contribution in [0.4, 0.5) is 0 Å². The van der Waals surface area contributed by atoms with Crippen LogP contribution < -0.4 is 5.32 Å². The van der Waals surface area contributed by atoms with Crippen LogP contribution in [0, 0.1) is 5.92 Å². The molecule has 3 heteroatoms. The van der Waals surface area contributed by atoms with Gasteiger partial charge in [-0.1, -0.05) is 44.2 Å². The van der Waals surface area contributed by atoms with E-state index in [9.17, 15) is 4.79 Å². The molecule has 0 bridgehead atoms. The number of amides is 1. The Morgan fingerprint density at radius 3 is 2.70 bits per heavy atom. The molecule has 2 rings (SSSR count). The minimum absolute atomic E-state index is 0.298. The number of benzene rings is 1. The maximum Gasteiger partial charge on any atom is 0.223 e. The highest BCUT2D eigenvalue weighted by Crippen LogP contribution is 2.14. The molecule has 1 aromatic carbocycles. The lowest BCUT2D eigenvalue weighted by Crippen LogP contribution is -2.58. The van der Waals surface area contributed by atoms with Crippen LogP contribution in [0.2, 0.25) is 0 Å². The maximum absolute atomic E-state index is 12.3. The molecule has 1 saturated heterocycles. The number of carbonyl (C=O) groups is 1. The number of nitrogens with zero attached hydrogens (tertiary/aromatic N) is 1. The lowest BCUT2D eigenvalue weighted by atomic mass is 10.0. The van der Waals surface area contributed by atoms with Crippen LogP contribution in [-0.4, -0.2) is 36.0 Å². The normalized spacial score (nSPS) is 23.1.